The van der Waals surface area contributed by atoms with E-state index in [4.69, 9.17) is 0 Å². The summed E-state index contributed by atoms with van der Waals surface area (Å²) >= 11 is 7.31. The van der Waals surface area contributed by atoms with Crippen molar-refractivity contribution < 1.29 is 0 Å². The number of halogens is 2. The topological polar surface area (TPSA) is 0 Å². The highest BCUT2D eigenvalue weighted by molar-refractivity contribution is 9.10. The van der Waals surface area contributed by atoms with E-state index in [2.05, 4.69) is 190 Å². The van der Waals surface area contributed by atoms with Crippen LogP contribution in [0.1, 0.15) is 22.3 Å². The third-order valence-corrected chi connectivity index (χ3v) is 8.46. The molecule has 0 spiro atoms. The van der Waals surface area contributed by atoms with Crippen molar-refractivity contribution in [3.63, 3.8) is 0 Å². The van der Waals surface area contributed by atoms with Gasteiger partial charge in [0.25, 0.3) is 0 Å². The molecule has 0 aromatic heterocycles. The van der Waals surface area contributed by atoms with E-state index in [9.17, 15) is 0 Å². The SMILES string of the molecule is Brc1ccc(C(c2ccc(Br)cc2)(c2ccc(-c3ccccc3)cc2)c2ccc(-c3ccccc3)cc2)cc1. The first kappa shape index (κ1) is 25.6. The summed E-state index contributed by atoms with van der Waals surface area (Å²) in [7, 11) is 0. The molecule has 0 aliphatic carbocycles. The molecule has 188 valence electrons. The molecular formula is C37H26Br2. The van der Waals surface area contributed by atoms with Crippen molar-refractivity contribution in [1.82, 2.24) is 0 Å². The number of benzene rings is 6. The van der Waals surface area contributed by atoms with E-state index in [0.717, 1.165) is 8.95 Å². The van der Waals surface area contributed by atoms with E-state index in [1.807, 2.05) is 0 Å². The minimum absolute atomic E-state index is 0.508. The van der Waals surface area contributed by atoms with E-state index in [1.54, 1.807) is 0 Å². The fourth-order valence-corrected chi connectivity index (χ4v) is 6.02. The molecule has 0 saturated carbocycles. The van der Waals surface area contributed by atoms with Gasteiger partial charge in [0.05, 0.1) is 5.41 Å². The Morgan fingerprint density at radius 2 is 0.538 bits per heavy atom. The van der Waals surface area contributed by atoms with Crippen LogP contribution in [0.2, 0.25) is 0 Å². The van der Waals surface area contributed by atoms with Crippen molar-refractivity contribution in [1.29, 1.82) is 0 Å². The van der Waals surface area contributed by atoms with Gasteiger partial charge in [0.2, 0.25) is 0 Å². The molecule has 0 aliphatic heterocycles. The first-order chi connectivity index (χ1) is 19.1. The lowest BCUT2D eigenvalue weighted by Gasteiger charge is -2.37. The molecule has 0 radical (unpaired) electrons. The fourth-order valence-electron chi connectivity index (χ4n) is 5.49. The van der Waals surface area contributed by atoms with Gasteiger partial charge in [0.1, 0.15) is 0 Å². The molecule has 0 nitrogen and oxygen atoms in total. The van der Waals surface area contributed by atoms with Gasteiger partial charge in [-0.25, -0.2) is 0 Å². The zero-order valence-corrected chi connectivity index (χ0v) is 24.4. The van der Waals surface area contributed by atoms with Crippen LogP contribution in [-0.4, -0.2) is 0 Å². The van der Waals surface area contributed by atoms with E-state index >= 15 is 0 Å². The summed E-state index contributed by atoms with van der Waals surface area (Å²) in [6.45, 7) is 0. The molecule has 2 heteroatoms. The summed E-state index contributed by atoms with van der Waals surface area (Å²) in [5.41, 5.74) is 9.22. The second kappa shape index (κ2) is 11.2. The van der Waals surface area contributed by atoms with Gasteiger partial charge in [0.15, 0.2) is 0 Å². The quantitative estimate of drug-likeness (QED) is 0.161. The molecule has 0 fully saturated rings. The van der Waals surface area contributed by atoms with Gasteiger partial charge in [-0.15, -0.1) is 0 Å². The third kappa shape index (κ3) is 5.03. The van der Waals surface area contributed by atoms with E-state index in [1.165, 1.54) is 44.5 Å². The van der Waals surface area contributed by atoms with E-state index in [-0.39, 0.29) is 0 Å². The summed E-state index contributed by atoms with van der Waals surface area (Å²) < 4.78 is 2.13. The zero-order valence-electron chi connectivity index (χ0n) is 21.3. The van der Waals surface area contributed by atoms with Gasteiger partial charge < -0.3 is 0 Å². The molecule has 6 aromatic rings. The maximum atomic E-state index is 3.66. The van der Waals surface area contributed by atoms with E-state index < -0.39 is 5.41 Å². The smallest absolute Gasteiger partial charge is 0.0622 e. The highest BCUT2D eigenvalue weighted by Crippen LogP contribution is 2.46. The average molecular weight is 630 g/mol. The summed E-state index contributed by atoms with van der Waals surface area (Å²) in [5, 5.41) is 0. The minimum Gasteiger partial charge on any atom is -0.0622 e. The van der Waals surface area contributed by atoms with Crippen LogP contribution < -0.4 is 0 Å². The summed E-state index contributed by atoms with van der Waals surface area (Å²) in [4.78, 5) is 0. The van der Waals surface area contributed by atoms with Crippen LogP contribution in [0.25, 0.3) is 22.3 Å². The molecule has 0 atom stereocenters. The summed E-state index contributed by atoms with van der Waals surface area (Å²) in [6.07, 6.45) is 0. The van der Waals surface area contributed by atoms with E-state index in [0.29, 0.717) is 0 Å². The predicted octanol–water partition coefficient (Wildman–Crippen LogP) is 10.9. The Morgan fingerprint density at radius 3 is 0.846 bits per heavy atom. The highest BCUT2D eigenvalue weighted by Gasteiger charge is 2.38. The van der Waals surface area contributed by atoms with Gasteiger partial charge in [-0.05, 0) is 68.8 Å². The Balaban J connectivity index is 1.59. The van der Waals surface area contributed by atoms with Crippen LogP contribution in [0.15, 0.2) is 167 Å². The standard InChI is InChI=1S/C37H26Br2/c38-35-23-19-33(20-24-35)37(34-21-25-36(39)26-22-34,31-15-11-29(12-16-31)27-7-3-1-4-8-27)32-17-13-30(14-18-32)28-9-5-2-6-10-28/h1-26H. The van der Waals surface area contributed by atoms with Crippen LogP contribution >= 0.6 is 31.9 Å². The van der Waals surface area contributed by atoms with Gasteiger partial charge >= 0.3 is 0 Å². The zero-order chi connectivity index (χ0) is 26.7. The highest BCUT2D eigenvalue weighted by atomic mass is 79.9. The van der Waals surface area contributed by atoms with Gasteiger partial charge in [-0.1, -0.05) is 165 Å². The molecule has 0 amide bonds. The Kier molecular flexibility index (Phi) is 7.32. The van der Waals surface area contributed by atoms with Gasteiger partial charge in [0, 0.05) is 8.95 Å². The third-order valence-electron chi connectivity index (χ3n) is 7.40. The summed E-state index contributed by atoms with van der Waals surface area (Å²) in [5.74, 6) is 0. The molecule has 39 heavy (non-hydrogen) atoms. The molecule has 0 bridgehead atoms. The van der Waals surface area contributed by atoms with Crippen molar-refractivity contribution in [3.05, 3.63) is 189 Å². The monoisotopic (exact) mass is 628 g/mol. The Labute approximate surface area is 247 Å². The molecule has 0 unspecified atom stereocenters. The van der Waals surface area contributed by atoms with Gasteiger partial charge in [-0.3, -0.25) is 0 Å². The van der Waals surface area contributed by atoms with Crippen LogP contribution in [0.4, 0.5) is 0 Å². The lowest BCUT2D eigenvalue weighted by atomic mass is 9.65. The minimum atomic E-state index is -0.508. The maximum absolute atomic E-state index is 3.66. The molecular weight excluding hydrogens is 604 g/mol. The van der Waals surface area contributed by atoms with Crippen LogP contribution in [0.5, 0.6) is 0 Å². The molecule has 0 N–H and O–H groups in total. The normalized spacial score (nSPS) is 11.3. The molecule has 6 rings (SSSR count). The molecule has 0 aliphatic rings. The molecule has 6 aromatic carbocycles. The van der Waals surface area contributed by atoms with Crippen molar-refractivity contribution in [3.8, 4) is 22.3 Å². The number of rotatable bonds is 6. The first-order valence-electron chi connectivity index (χ1n) is 13.0. The Bertz CT molecular complexity index is 1520. The molecule has 0 heterocycles. The maximum Gasteiger partial charge on any atom is 0.0701 e. The van der Waals surface area contributed by atoms with Crippen LogP contribution in [0, 0.1) is 0 Å². The average Bonchev–Trinajstić information content (AvgIpc) is 3.01. The van der Waals surface area contributed by atoms with Gasteiger partial charge in [-0.2, -0.15) is 0 Å². The Hall–Kier alpha value is -3.72. The van der Waals surface area contributed by atoms with Crippen LogP contribution in [0.3, 0.4) is 0 Å². The largest absolute Gasteiger partial charge is 0.0701 e. The lowest BCUT2D eigenvalue weighted by molar-refractivity contribution is 0.745. The van der Waals surface area contributed by atoms with Crippen molar-refractivity contribution in [2.75, 3.05) is 0 Å². The van der Waals surface area contributed by atoms with Crippen molar-refractivity contribution in [2.24, 2.45) is 0 Å². The summed E-state index contributed by atoms with van der Waals surface area (Å²) in [6, 6.07) is 56.8. The Morgan fingerprint density at radius 1 is 0.282 bits per heavy atom. The van der Waals surface area contributed by atoms with Crippen molar-refractivity contribution >= 4 is 31.9 Å². The second-order valence-electron chi connectivity index (χ2n) is 9.65. The lowest BCUT2D eigenvalue weighted by Crippen LogP contribution is -2.31. The first-order valence-corrected chi connectivity index (χ1v) is 14.6. The number of hydrogen-bond acceptors (Lipinski definition) is 0. The molecule has 0 saturated heterocycles. The number of hydrogen-bond donors (Lipinski definition) is 0. The predicted molar refractivity (Wildman–Crippen MR) is 171 cm³/mol. The van der Waals surface area contributed by atoms with Crippen LogP contribution in [-0.2, 0) is 5.41 Å². The fraction of sp³-hybridized carbons (Fsp3) is 0.0270. The second-order valence-corrected chi connectivity index (χ2v) is 11.5. The van der Waals surface area contributed by atoms with Crippen molar-refractivity contribution in [2.45, 2.75) is 5.41 Å².